The quantitative estimate of drug-likeness (QED) is 0.429. The van der Waals surface area contributed by atoms with Gasteiger partial charge in [-0.1, -0.05) is 19.8 Å². The third kappa shape index (κ3) is 9.12. The highest BCUT2D eigenvalue weighted by Crippen LogP contribution is 1.97. The molecule has 0 atom stereocenters. The predicted molar refractivity (Wildman–Crippen MR) is 54.6 cm³/mol. The Labute approximate surface area is 76.8 Å². The van der Waals surface area contributed by atoms with Crippen LogP contribution in [0.15, 0.2) is 0 Å². The van der Waals surface area contributed by atoms with Crippen LogP contribution < -0.4 is 0 Å². The van der Waals surface area contributed by atoms with Gasteiger partial charge in [-0.3, -0.25) is 0 Å². The minimum absolute atomic E-state index is 0.865. The van der Waals surface area contributed by atoms with Crippen molar-refractivity contribution in [2.75, 3.05) is 0 Å². The van der Waals surface area contributed by atoms with Gasteiger partial charge in [-0.25, -0.2) is 0 Å². The largest absolute Gasteiger partial charge is 0.120 e. The van der Waals surface area contributed by atoms with E-state index < -0.39 is 0 Å². The van der Waals surface area contributed by atoms with Crippen LogP contribution in [0.4, 0.5) is 0 Å². The Morgan fingerprint density at radius 2 is 1.58 bits per heavy atom. The molecule has 0 fully saturated rings. The van der Waals surface area contributed by atoms with Crippen molar-refractivity contribution in [1.82, 2.24) is 0 Å². The molecule has 0 aliphatic rings. The van der Waals surface area contributed by atoms with Crippen LogP contribution >= 0.6 is 0 Å². The van der Waals surface area contributed by atoms with Crippen molar-refractivity contribution in [2.24, 2.45) is 0 Å². The second-order valence-corrected chi connectivity index (χ2v) is 2.87. The topological polar surface area (TPSA) is 0 Å². The monoisotopic (exact) mass is 162 g/mol. The lowest BCUT2D eigenvalue weighted by Gasteiger charge is -1.88. The standard InChI is InChI=1S/C12H18/c1-3-5-7-9-11-12-10-8-6-4-2/h1H,4-10H2,2H3. The molecule has 0 spiro atoms. The number of hydrogen-bond acceptors (Lipinski definition) is 0. The van der Waals surface area contributed by atoms with Crippen molar-refractivity contribution < 1.29 is 0 Å². The van der Waals surface area contributed by atoms with E-state index in [9.17, 15) is 0 Å². The normalized spacial score (nSPS) is 8.33. The summed E-state index contributed by atoms with van der Waals surface area (Å²) in [5, 5.41) is 0. The molecule has 0 saturated heterocycles. The van der Waals surface area contributed by atoms with Gasteiger partial charge in [0.05, 0.1) is 0 Å². The van der Waals surface area contributed by atoms with Gasteiger partial charge in [0.15, 0.2) is 0 Å². The summed E-state index contributed by atoms with van der Waals surface area (Å²) in [7, 11) is 0. The van der Waals surface area contributed by atoms with Gasteiger partial charge in [0.2, 0.25) is 0 Å². The summed E-state index contributed by atoms with van der Waals surface area (Å²) < 4.78 is 0. The third-order valence-corrected chi connectivity index (χ3v) is 1.65. The summed E-state index contributed by atoms with van der Waals surface area (Å²) in [4.78, 5) is 0. The highest BCUT2D eigenvalue weighted by molar-refractivity contribution is 4.99. The molecule has 0 heteroatoms. The average Bonchev–Trinajstić information content (AvgIpc) is 2.10. The van der Waals surface area contributed by atoms with Crippen LogP contribution in [0.5, 0.6) is 0 Å². The molecule has 0 aromatic carbocycles. The van der Waals surface area contributed by atoms with E-state index in [2.05, 4.69) is 24.7 Å². The maximum absolute atomic E-state index is 5.11. The lowest BCUT2D eigenvalue weighted by Crippen LogP contribution is -1.72. The first-order chi connectivity index (χ1) is 5.91. The number of terminal acetylenes is 1. The van der Waals surface area contributed by atoms with Gasteiger partial charge in [0.25, 0.3) is 0 Å². The van der Waals surface area contributed by atoms with Gasteiger partial charge >= 0.3 is 0 Å². The van der Waals surface area contributed by atoms with Crippen molar-refractivity contribution >= 4 is 0 Å². The lowest BCUT2D eigenvalue weighted by molar-refractivity contribution is 0.736. The minimum atomic E-state index is 0.865. The van der Waals surface area contributed by atoms with Crippen molar-refractivity contribution in [3.63, 3.8) is 0 Å². The van der Waals surface area contributed by atoms with E-state index in [0.29, 0.717) is 0 Å². The minimum Gasteiger partial charge on any atom is -0.120 e. The third-order valence-electron chi connectivity index (χ3n) is 1.65. The summed E-state index contributed by atoms with van der Waals surface area (Å²) in [6.45, 7) is 2.21. The van der Waals surface area contributed by atoms with Gasteiger partial charge in [0.1, 0.15) is 0 Å². The predicted octanol–water partition coefficient (Wildman–Crippen LogP) is 3.37. The molecule has 0 aliphatic carbocycles. The van der Waals surface area contributed by atoms with Crippen molar-refractivity contribution in [3.8, 4) is 24.2 Å². The van der Waals surface area contributed by atoms with Crippen LogP contribution in [0.25, 0.3) is 0 Å². The SMILES string of the molecule is C#CCCCC#CCCCCC. The van der Waals surface area contributed by atoms with Crippen molar-refractivity contribution in [3.05, 3.63) is 0 Å². The second kappa shape index (κ2) is 10.1. The van der Waals surface area contributed by atoms with Crippen LogP contribution in [0.1, 0.15) is 51.9 Å². The fourth-order valence-corrected chi connectivity index (χ4v) is 0.919. The molecule has 0 unspecified atom stereocenters. The molecule has 0 radical (unpaired) electrons. The van der Waals surface area contributed by atoms with Crippen LogP contribution in [0.3, 0.4) is 0 Å². The maximum atomic E-state index is 5.11. The molecule has 0 amide bonds. The lowest BCUT2D eigenvalue weighted by atomic mass is 10.2. The maximum Gasteiger partial charge on any atom is 0.00977 e. The second-order valence-electron chi connectivity index (χ2n) is 2.87. The van der Waals surface area contributed by atoms with Gasteiger partial charge in [-0.2, -0.15) is 0 Å². The van der Waals surface area contributed by atoms with Gasteiger partial charge < -0.3 is 0 Å². The van der Waals surface area contributed by atoms with Crippen LogP contribution in [0, 0.1) is 24.2 Å². The summed E-state index contributed by atoms with van der Waals surface area (Å²) in [6.07, 6.45) is 12.9. The molecule has 0 aliphatic heterocycles. The Hall–Kier alpha value is -0.880. The molecular weight excluding hydrogens is 144 g/mol. The first kappa shape index (κ1) is 11.1. The van der Waals surface area contributed by atoms with E-state index in [1.165, 1.54) is 19.3 Å². The fraction of sp³-hybridized carbons (Fsp3) is 0.667. The molecule has 12 heavy (non-hydrogen) atoms. The Morgan fingerprint density at radius 1 is 0.917 bits per heavy atom. The Balaban J connectivity index is 3.07. The average molecular weight is 162 g/mol. The molecule has 0 aromatic heterocycles. The van der Waals surface area contributed by atoms with E-state index in [0.717, 1.165) is 25.7 Å². The van der Waals surface area contributed by atoms with Crippen molar-refractivity contribution in [2.45, 2.75) is 51.9 Å². The van der Waals surface area contributed by atoms with E-state index in [1.807, 2.05) is 0 Å². The van der Waals surface area contributed by atoms with Gasteiger partial charge in [-0.05, 0) is 12.8 Å². The van der Waals surface area contributed by atoms with E-state index in [1.54, 1.807) is 0 Å². The summed E-state index contributed by atoms with van der Waals surface area (Å²) in [6, 6.07) is 0. The number of hydrogen-bond donors (Lipinski definition) is 0. The van der Waals surface area contributed by atoms with Crippen molar-refractivity contribution in [1.29, 1.82) is 0 Å². The van der Waals surface area contributed by atoms with E-state index in [4.69, 9.17) is 6.42 Å². The van der Waals surface area contributed by atoms with Gasteiger partial charge in [0, 0.05) is 19.3 Å². The van der Waals surface area contributed by atoms with E-state index >= 15 is 0 Å². The molecule has 0 nitrogen and oxygen atoms in total. The Kier molecular flexibility index (Phi) is 9.38. The number of unbranched alkanes of at least 4 members (excludes halogenated alkanes) is 5. The summed E-state index contributed by atoms with van der Waals surface area (Å²) in [5.74, 6) is 8.91. The molecule has 0 N–H and O–H groups in total. The highest BCUT2D eigenvalue weighted by Gasteiger charge is 1.81. The first-order valence-electron chi connectivity index (χ1n) is 4.81. The molecule has 0 rings (SSSR count). The van der Waals surface area contributed by atoms with Crippen LogP contribution in [0.2, 0.25) is 0 Å². The first-order valence-corrected chi connectivity index (χ1v) is 4.81. The molecule has 0 heterocycles. The Morgan fingerprint density at radius 3 is 2.17 bits per heavy atom. The number of rotatable bonds is 5. The molecule has 66 valence electrons. The molecule has 0 saturated carbocycles. The summed E-state index contributed by atoms with van der Waals surface area (Å²) in [5.41, 5.74) is 0. The zero-order valence-corrected chi connectivity index (χ0v) is 8.03. The van der Waals surface area contributed by atoms with Gasteiger partial charge in [-0.15, -0.1) is 24.2 Å². The van der Waals surface area contributed by atoms with Crippen LogP contribution in [-0.2, 0) is 0 Å². The summed E-state index contributed by atoms with van der Waals surface area (Å²) >= 11 is 0. The highest BCUT2D eigenvalue weighted by atomic mass is 13.9. The zero-order valence-electron chi connectivity index (χ0n) is 8.03. The van der Waals surface area contributed by atoms with Crippen LogP contribution in [-0.4, -0.2) is 0 Å². The molecule has 0 aromatic rings. The molecular formula is C12H18. The molecule has 0 bridgehead atoms. The van der Waals surface area contributed by atoms with E-state index in [-0.39, 0.29) is 0 Å². The smallest absolute Gasteiger partial charge is 0.00977 e. The Bertz CT molecular complexity index is 172. The fourth-order valence-electron chi connectivity index (χ4n) is 0.919. The zero-order chi connectivity index (χ0) is 9.07.